The number of amides is 1. The highest BCUT2D eigenvalue weighted by molar-refractivity contribution is 7.91. The molecule has 20 heteroatoms. The minimum Gasteiger partial charge on any atom is -0.368 e. The van der Waals surface area contributed by atoms with Gasteiger partial charge in [0.25, 0.3) is 5.91 Å². The number of aryl methyl sites for hydroxylation is 2. The first-order valence-electron chi connectivity index (χ1n) is 19.8. The minimum atomic E-state index is -3.66. The lowest BCUT2D eigenvalue weighted by atomic mass is 9.99. The first-order valence-corrected chi connectivity index (χ1v) is 23.6. The van der Waals surface area contributed by atoms with E-state index in [0.29, 0.717) is 79.7 Å². The van der Waals surface area contributed by atoms with Gasteiger partial charge in [0.05, 0.1) is 23.3 Å². The molecule has 6 rings (SSSR count). The van der Waals surface area contributed by atoms with Crippen molar-refractivity contribution < 1.29 is 40.0 Å². The van der Waals surface area contributed by atoms with Crippen LogP contribution in [0.2, 0.25) is 0 Å². The molecule has 0 radical (unpaired) electrons. The molecule has 4 heterocycles. The van der Waals surface area contributed by atoms with Gasteiger partial charge < -0.3 is 24.5 Å². The van der Waals surface area contributed by atoms with Crippen molar-refractivity contribution in [2.45, 2.75) is 63.4 Å². The Morgan fingerprint density at radius 1 is 0.726 bits per heavy atom. The molecule has 0 N–H and O–H groups in total. The van der Waals surface area contributed by atoms with Crippen LogP contribution in [0.3, 0.4) is 0 Å². The number of aromatic nitrogens is 4. The second kappa shape index (κ2) is 20.5. The summed E-state index contributed by atoms with van der Waals surface area (Å²) >= 11 is 0. The Labute approximate surface area is 362 Å². The summed E-state index contributed by atoms with van der Waals surface area (Å²) in [5.74, 6) is 0.264. The summed E-state index contributed by atoms with van der Waals surface area (Å²) in [6, 6.07) is 10.6. The first kappa shape index (κ1) is 49.1. The summed E-state index contributed by atoms with van der Waals surface area (Å²) in [5.41, 5.74) is 3.39. The summed E-state index contributed by atoms with van der Waals surface area (Å²) in [6.45, 7) is 16.1. The lowest BCUT2D eigenvalue weighted by Gasteiger charge is -2.44. The number of rotatable bonds is 9. The zero-order chi connectivity index (χ0) is 46.3. The Bertz CT molecular complexity index is 2490. The highest BCUT2D eigenvalue weighted by atomic mass is 32.2. The number of hydrogen-bond acceptors (Lipinski definition) is 15. The summed E-state index contributed by atoms with van der Waals surface area (Å²) in [6.07, 6.45) is 5.62. The largest absolute Gasteiger partial charge is 0.373 e. The second-order valence-electron chi connectivity index (χ2n) is 16.1. The molecule has 62 heavy (non-hydrogen) atoms. The molecule has 2 fully saturated rings. The molecule has 0 bridgehead atoms. The van der Waals surface area contributed by atoms with E-state index in [2.05, 4.69) is 67.2 Å². The highest BCUT2D eigenvalue weighted by Gasteiger charge is 2.34. The lowest BCUT2D eigenvalue weighted by molar-refractivity contribution is -0.191. The van der Waals surface area contributed by atoms with Crippen LogP contribution in [0.25, 0.3) is 0 Å². The number of carbonyl (C=O) groups is 1. The molecule has 4 aromatic rings. The fraction of sp³-hybridized carbons (Fsp3) is 0.476. The van der Waals surface area contributed by atoms with Crippen LogP contribution >= 0.6 is 0 Å². The molecule has 16 nitrogen and oxygen atoms in total. The molecule has 2 aliphatic rings. The maximum Gasteiger partial charge on any atom is 0.373 e. The highest BCUT2D eigenvalue weighted by Crippen LogP contribution is 2.30. The van der Waals surface area contributed by atoms with Gasteiger partial charge in [-0.15, -0.1) is 0 Å². The van der Waals surface area contributed by atoms with Crippen LogP contribution in [0.1, 0.15) is 49.4 Å². The van der Waals surface area contributed by atoms with Crippen LogP contribution in [0.15, 0.2) is 64.6 Å². The van der Waals surface area contributed by atoms with E-state index >= 15 is 0 Å². The molecule has 2 saturated heterocycles. The van der Waals surface area contributed by atoms with Crippen LogP contribution < -0.4 is 19.6 Å². The zero-order valence-corrected chi connectivity index (χ0v) is 38.3. The van der Waals surface area contributed by atoms with Crippen molar-refractivity contribution in [3.63, 3.8) is 0 Å². The average Bonchev–Trinajstić information content (AvgIpc) is 3.20. The Kier molecular flexibility index (Phi) is 16.2. The van der Waals surface area contributed by atoms with Gasteiger partial charge >= 0.3 is 6.15 Å². The Hall–Kier alpha value is -5.59. The second-order valence-corrected chi connectivity index (χ2v) is 20.1. The number of carbonyl (C=O) groups excluding carboxylic acids is 3. The van der Waals surface area contributed by atoms with E-state index < -0.39 is 31.3 Å². The maximum atomic E-state index is 14.0. The number of piperazine rings is 2. The smallest absolute Gasteiger partial charge is 0.368 e. The monoisotopic (exact) mass is 899 g/mol. The Morgan fingerprint density at radius 3 is 1.53 bits per heavy atom. The fourth-order valence-electron chi connectivity index (χ4n) is 7.29. The van der Waals surface area contributed by atoms with E-state index in [9.17, 15) is 30.4 Å². The van der Waals surface area contributed by atoms with Crippen molar-refractivity contribution in [2.75, 3.05) is 85.5 Å². The van der Waals surface area contributed by atoms with E-state index in [0.717, 1.165) is 18.2 Å². The number of anilines is 4. The van der Waals surface area contributed by atoms with Crippen LogP contribution in [0.5, 0.6) is 0 Å². The molecule has 1 amide bonds. The Morgan fingerprint density at radius 2 is 1.16 bits per heavy atom. The topological polar surface area (TPSA) is 187 Å². The summed E-state index contributed by atoms with van der Waals surface area (Å²) < 4.78 is 75.6. The van der Waals surface area contributed by atoms with E-state index in [1.807, 2.05) is 13.0 Å². The summed E-state index contributed by atoms with van der Waals surface area (Å²) in [7, 11) is -3.90. The summed E-state index contributed by atoms with van der Waals surface area (Å²) in [4.78, 5) is 56.0. The van der Waals surface area contributed by atoms with Crippen LogP contribution in [-0.2, 0) is 29.3 Å². The van der Waals surface area contributed by atoms with Crippen molar-refractivity contribution in [3.8, 4) is 0 Å². The third-order valence-corrected chi connectivity index (χ3v) is 12.9. The van der Waals surface area contributed by atoms with Gasteiger partial charge in [0.1, 0.15) is 21.4 Å². The third-order valence-electron chi connectivity index (χ3n) is 10.6. The van der Waals surface area contributed by atoms with Crippen molar-refractivity contribution in [1.29, 1.82) is 0 Å². The van der Waals surface area contributed by atoms with E-state index in [1.54, 1.807) is 45.5 Å². The first-order chi connectivity index (χ1) is 29.0. The van der Waals surface area contributed by atoms with Gasteiger partial charge in [-0.2, -0.15) is 9.59 Å². The van der Waals surface area contributed by atoms with Gasteiger partial charge in [-0.25, -0.2) is 45.6 Å². The number of sulfone groups is 2. The number of nitrogens with zero attached hydrogens (tertiary/aromatic N) is 9. The molecule has 336 valence electrons. The standard InChI is InChI=1S/C22H30FN5O3S.C19H25FN4O2S.CO2/c1-14(2)19-13-27(16-7-8-18(23)20(11-16)32(6,30)31)9-10-28(19)22-24-12-17(15(3)25-22)21(29)26(4)5;1-13(2)17-12-23(9-10-24(17)19-21-8-7-14(3)22-19)15-5-6-16(20)18(11-15)27(4,25)26;2-1-3/h7-8,11-12,14,19H,9-10,13H2,1-6H3;5-8,11,13,17H,9-10,12H2,1-4H3;/t19-;17-;/m00./s1. The zero-order valence-electron chi connectivity index (χ0n) is 36.7. The molecule has 2 aromatic heterocycles. The van der Waals surface area contributed by atoms with Gasteiger partial charge in [0.15, 0.2) is 19.7 Å². The number of halogens is 2. The molecule has 0 saturated carbocycles. The van der Waals surface area contributed by atoms with Crippen molar-refractivity contribution in [1.82, 2.24) is 24.8 Å². The quantitative estimate of drug-likeness (QED) is 0.229. The van der Waals surface area contributed by atoms with Crippen molar-refractivity contribution in [3.05, 3.63) is 83.4 Å². The average molecular weight is 900 g/mol. The van der Waals surface area contributed by atoms with Crippen molar-refractivity contribution >= 4 is 55.0 Å². The molecular weight excluding hydrogens is 845 g/mol. The molecule has 0 aliphatic carbocycles. The van der Waals surface area contributed by atoms with Gasteiger partial charge in [-0.3, -0.25) is 4.79 Å². The van der Waals surface area contributed by atoms with Crippen LogP contribution in [-0.4, -0.2) is 132 Å². The maximum absolute atomic E-state index is 14.0. The molecule has 0 unspecified atom stereocenters. The van der Waals surface area contributed by atoms with Gasteiger partial charge in [-0.05, 0) is 68.1 Å². The number of hydrogen-bond donors (Lipinski definition) is 0. The molecule has 0 spiro atoms. The van der Waals surface area contributed by atoms with Crippen molar-refractivity contribution in [2.24, 2.45) is 11.8 Å². The molecule has 2 atom stereocenters. The van der Waals surface area contributed by atoms with E-state index in [-0.39, 0.29) is 39.9 Å². The van der Waals surface area contributed by atoms with Gasteiger partial charge in [-0.1, -0.05) is 27.7 Å². The number of benzene rings is 2. The molecule has 2 aromatic carbocycles. The molecule has 2 aliphatic heterocycles. The normalized spacial score (nSPS) is 16.9. The minimum absolute atomic E-state index is 0.0466. The van der Waals surface area contributed by atoms with Gasteiger partial charge in [0.2, 0.25) is 11.9 Å². The lowest BCUT2D eigenvalue weighted by Crippen LogP contribution is -2.56. The fourth-order valence-corrected chi connectivity index (χ4v) is 8.80. The molecular formula is C42H55F2N9O7S2. The third kappa shape index (κ3) is 12.1. The SMILES string of the molecule is Cc1ccnc(N2CCN(c3ccc(F)c(S(C)(=O)=O)c3)C[C@H]2C(C)C)n1.Cc1nc(N2CCN(c3ccc(F)c(S(C)(=O)=O)c3)C[C@H]2C(C)C)ncc1C(=O)N(C)C.O=C=O. The predicted molar refractivity (Wildman–Crippen MR) is 232 cm³/mol. The predicted octanol–water partition coefficient (Wildman–Crippen LogP) is 4.48. The van der Waals surface area contributed by atoms with Gasteiger partial charge in [0, 0.05) is 95.3 Å². The summed E-state index contributed by atoms with van der Waals surface area (Å²) in [5, 5.41) is 0. The van der Waals surface area contributed by atoms with E-state index in [1.165, 1.54) is 29.2 Å². The van der Waals surface area contributed by atoms with E-state index in [4.69, 9.17) is 9.59 Å². The Balaban J connectivity index is 0.000000259. The van der Waals surface area contributed by atoms with Crippen LogP contribution in [0, 0.1) is 37.3 Å². The van der Waals surface area contributed by atoms with Crippen LogP contribution in [0.4, 0.5) is 32.1 Å².